The number of allylic oxidation sites excluding steroid dienone is 12. The Morgan fingerprint density at radius 2 is 1.56 bits per heavy atom. The molecule has 3 nitrogen and oxygen atoms in total. The van der Waals surface area contributed by atoms with Gasteiger partial charge in [0.2, 0.25) is 0 Å². The molecule has 4 bridgehead atoms. The first-order chi connectivity index (χ1) is 21.1. The zero-order chi connectivity index (χ0) is 30.2. The number of hydrogen-bond donors (Lipinski definition) is 1. The largest absolute Gasteiger partial charge is 0.377 e. The SMILES string of the molecule is C=CC(=C)N(/C=C/C=C(\C=C)C1NC2=CN(/C=C/C=C(C=C)C=C)C3=C4CCC(=C3C=C1CCC2)CC4)C1CCCCC1. The van der Waals surface area contributed by atoms with Crippen molar-refractivity contribution in [2.75, 3.05) is 0 Å². The fourth-order valence-electron chi connectivity index (χ4n) is 7.19. The normalized spacial score (nSPS) is 22.6. The van der Waals surface area contributed by atoms with E-state index in [0.29, 0.717) is 6.04 Å². The maximum Gasteiger partial charge on any atom is 0.0728 e. The van der Waals surface area contributed by atoms with Gasteiger partial charge in [-0.15, -0.1) is 0 Å². The van der Waals surface area contributed by atoms with Crippen molar-refractivity contribution < 1.29 is 0 Å². The van der Waals surface area contributed by atoms with Crippen molar-refractivity contribution in [1.29, 1.82) is 0 Å². The molecule has 2 aliphatic heterocycles. The van der Waals surface area contributed by atoms with Crippen molar-refractivity contribution >= 4 is 0 Å². The van der Waals surface area contributed by atoms with Crippen LogP contribution < -0.4 is 5.32 Å². The average Bonchev–Trinajstić information content (AvgIpc) is 3.21. The number of hydrogen-bond acceptors (Lipinski definition) is 3. The molecular formula is C40H49N3. The molecule has 1 atom stereocenters. The van der Waals surface area contributed by atoms with Gasteiger partial charge in [-0.1, -0.05) is 94.2 Å². The molecular weight excluding hydrogens is 522 g/mol. The third-order valence-corrected chi connectivity index (χ3v) is 9.57. The van der Waals surface area contributed by atoms with E-state index in [-0.39, 0.29) is 6.04 Å². The first-order valence-electron chi connectivity index (χ1n) is 16.2. The van der Waals surface area contributed by atoms with Crippen molar-refractivity contribution in [2.45, 2.75) is 89.1 Å². The molecule has 0 spiro atoms. The second-order valence-corrected chi connectivity index (χ2v) is 12.2. The van der Waals surface area contributed by atoms with Gasteiger partial charge in [0.1, 0.15) is 0 Å². The highest BCUT2D eigenvalue weighted by Gasteiger charge is 2.31. The Hall–Kier alpha value is -3.98. The monoisotopic (exact) mass is 571 g/mol. The topological polar surface area (TPSA) is 18.5 Å². The first-order valence-corrected chi connectivity index (χ1v) is 16.2. The molecule has 3 fully saturated rings. The van der Waals surface area contributed by atoms with Crippen LogP contribution in [0.25, 0.3) is 0 Å². The van der Waals surface area contributed by atoms with Crippen molar-refractivity contribution in [3.05, 3.63) is 157 Å². The van der Waals surface area contributed by atoms with Gasteiger partial charge >= 0.3 is 0 Å². The zero-order valence-corrected chi connectivity index (χ0v) is 26.0. The third kappa shape index (κ3) is 6.99. The molecule has 1 saturated heterocycles. The molecule has 2 heterocycles. The van der Waals surface area contributed by atoms with E-state index < -0.39 is 0 Å². The molecule has 3 heteroatoms. The maximum atomic E-state index is 4.29. The molecule has 0 aromatic rings. The lowest BCUT2D eigenvalue weighted by atomic mass is 9.77. The molecule has 2 saturated carbocycles. The summed E-state index contributed by atoms with van der Waals surface area (Å²) in [6.07, 6.45) is 39.7. The van der Waals surface area contributed by atoms with Crippen molar-refractivity contribution in [3.63, 3.8) is 0 Å². The van der Waals surface area contributed by atoms with Crippen LogP contribution in [0.1, 0.15) is 77.0 Å². The summed E-state index contributed by atoms with van der Waals surface area (Å²) in [4.78, 5) is 4.69. The van der Waals surface area contributed by atoms with E-state index in [9.17, 15) is 0 Å². The molecule has 0 aromatic heterocycles. The molecule has 0 radical (unpaired) electrons. The van der Waals surface area contributed by atoms with Crippen LogP contribution >= 0.6 is 0 Å². The Morgan fingerprint density at radius 1 is 0.814 bits per heavy atom. The quantitative estimate of drug-likeness (QED) is 0.249. The van der Waals surface area contributed by atoms with Gasteiger partial charge in [-0.2, -0.15) is 0 Å². The van der Waals surface area contributed by atoms with E-state index in [0.717, 1.165) is 43.4 Å². The summed E-state index contributed by atoms with van der Waals surface area (Å²) in [6, 6.07) is 0.578. The lowest BCUT2D eigenvalue weighted by Gasteiger charge is -2.35. The predicted molar refractivity (Wildman–Crippen MR) is 184 cm³/mol. The summed E-state index contributed by atoms with van der Waals surface area (Å²) in [5, 5.41) is 3.96. The molecule has 43 heavy (non-hydrogen) atoms. The summed E-state index contributed by atoms with van der Waals surface area (Å²) in [6.45, 7) is 20.4. The summed E-state index contributed by atoms with van der Waals surface area (Å²) in [5.74, 6) is 0. The zero-order valence-electron chi connectivity index (χ0n) is 26.0. The minimum atomic E-state index is 0.0819. The van der Waals surface area contributed by atoms with Gasteiger partial charge in [-0.3, -0.25) is 0 Å². The smallest absolute Gasteiger partial charge is 0.0728 e. The van der Waals surface area contributed by atoms with Crippen LogP contribution in [-0.2, 0) is 0 Å². The fraction of sp³-hybridized carbons (Fsp3) is 0.350. The van der Waals surface area contributed by atoms with E-state index >= 15 is 0 Å². The van der Waals surface area contributed by atoms with Crippen LogP contribution in [0.3, 0.4) is 0 Å². The van der Waals surface area contributed by atoms with Gasteiger partial charge < -0.3 is 15.1 Å². The summed E-state index contributed by atoms with van der Waals surface area (Å²) in [5.41, 5.74) is 11.9. The van der Waals surface area contributed by atoms with Gasteiger partial charge in [0, 0.05) is 36.0 Å². The van der Waals surface area contributed by atoms with Crippen LogP contribution in [0.5, 0.6) is 0 Å². The van der Waals surface area contributed by atoms with Crippen LogP contribution in [0.2, 0.25) is 0 Å². The highest BCUT2D eigenvalue weighted by molar-refractivity contribution is 5.56. The van der Waals surface area contributed by atoms with Crippen LogP contribution in [-0.4, -0.2) is 21.9 Å². The van der Waals surface area contributed by atoms with Crippen LogP contribution in [0.4, 0.5) is 0 Å². The predicted octanol–water partition coefficient (Wildman–Crippen LogP) is 10.1. The van der Waals surface area contributed by atoms with Crippen molar-refractivity contribution in [2.24, 2.45) is 0 Å². The number of nitrogens with one attached hydrogen (secondary N) is 1. The Labute approximate surface area is 260 Å². The number of nitrogens with zero attached hydrogens (tertiary/aromatic N) is 2. The van der Waals surface area contributed by atoms with E-state index in [2.05, 4.69) is 97.0 Å². The van der Waals surface area contributed by atoms with Gasteiger partial charge in [0.05, 0.1) is 11.7 Å². The maximum absolute atomic E-state index is 4.29. The van der Waals surface area contributed by atoms with Gasteiger partial charge in [-0.05, 0) is 104 Å². The van der Waals surface area contributed by atoms with Crippen LogP contribution in [0, 0.1) is 0 Å². The summed E-state index contributed by atoms with van der Waals surface area (Å²) < 4.78 is 0. The highest BCUT2D eigenvalue weighted by Crippen LogP contribution is 2.45. The fourth-order valence-corrected chi connectivity index (χ4v) is 7.19. The van der Waals surface area contributed by atoms with Crippen molar-refractivity contribution in [3.8, 4) is 0 Å². The lowest BCUT2D eigenvalue weighted by Crippen LogP contribution is -2.31. The number of fused-ring (bicyclic) bond motifs is 5. The Morgan fingerprint density at radius 3 is 2.26 bits per heavy atom. The number of rotatable bonds is 11. The molecule has 6 rings (SSSR count). The molecule has 6 aliphatic rings. The minimum Gasteiger partial charge on any atom is -0.377 e. The molecule has 1 N–H and O–H groups in total. The first kappa shape index (κ1) is 30.5. The van der Waals surface area contributed by atoms with E-state index in [1.165, 1.54) is 73.1 Å². The second kappa shape index (κ2) is 14.5. The van der Waals surface area contributed by atoms with E-state index in [1.807, 2.05) is 24.3 Å². The minimum absolute atomic E-state index is 0.0819. The van der Waals surface area contributed by atoms with E-state index in [1.54, 1.807) is 11.1 Å². The molecule has 4 aliphatic carbocycles. The Bertz CT molecular complexity index is 1370. The Balaban J connectivity index is 1.52. The highest BCUT2D eigenvalue weighted by atomic mass is 15.1. The second-order valence-electron chi connectivity index (χ2n) is 12.2. The van der Waals surface area contributed by atoms with Crippen molar-refractivity contribution in [1.82, 2.24) is 15.1 Å². The van der Waals surface area contributed by atoms with Gasteiger partial charge in [0.25, 0.3) is 0 Å². The standard InChI is InChI=1S/C40H49N3/c1-6-30(5)43(37-20-11-10-12-21-37)27-15-18-32(9-4)39-35-17-13-19-36(41-39)29-42(26-14-16-31(7-2)8-3)40-34-24-22-33(23-25-34)38(40)28-35/h6-9,14-16,18,26-29,37,39,41H,1-5,10-13,17,19-25H2/b26-14+,27-15+,32-18+,35-28?,36-29?. The Kier molecular flexibility index (Phi) is 10.3. The summed E-state index contributed by atoms with van der Waals surface area (Å²) in [7, 11) is 0. The van der Waals surface area contributed by atoms with E-state index in [4.69, 9.17) is 0 Å². The molecule has 1 unspecified atom stereocenters. The van der Waals surface area contributed by atoms with Crippen LogP contribution in [0.15, 0.2) is 157 Å². The molecule has 0 amide bonds. The van der Waals surface area contributed by atoms with Gasteiger partial charge in [0.15, 0.2) is 0 Å². The lowest BCUT2D eigenvalue weighted by molar-refractivity contribution is 0.267. The molecule has 224 valence electrons. The third-order valence-electron chi connectivity index (χ3n) is 9.57. The molecule has 0 aromatic carbocycles. The van der Waals surface area contributed by atoms with Gasteiger partial charge in [-0.25, -0.2) is 0 Å². The average molecular weight is 572 g/mol. The summed E-state index contributed by atoms with van der Waals surface area (Å²) >= 11 is 0.